The van der Waals surface area contributed by atoms with Crippen LogP contribution in [0.5, 0.6) is 0 Å². The standard InChI is InChI=1S/C16H18N2OS/c19-16(14-8-3-4-10-17-14)18-13-7-2-1-6-12(13)15-9-5-11-20-15/h1-2,5-7,9,11,14,17H,3-4,8,10H2,(H,18,19)/t14-/m0/s1. The lowest BCUT2D eigenvalue weighted by atomic mass is 10.0. The molecule has 1 aromatic carbocycles. The van der Waals surface area contributed by atoms with Crippen LogP contribution in [0, 0.1) is 0 Å². The normalized spacial score (nSPS) is 18.7. The molecule has 1 aliphatic rings. The minimum Gasteiger partial charge on any atom is -0.324 e. The van der Waals surface area contributed by atoms with E-state index >= 15 is 0 Å². The van der Waals surface area contributed by atoms with Crippen molar-refractivity contribution >= 4 is 22.9 Å². The van der Waals surface area contributed by atoms with Gasteiger partial charge in [-0.3, -0.25) is 4.79 Å². The summed E-state index contributed by atoms with van der Waals surface area (Å²) >= 11 is 1.69. The number of piperidine rings is 1. The van der Waals surface area contributed by atoms with Crippen molar-refractivity contribution in [2.24, 2.45) is 0 Å². The van der Waals surface area contributed by atoms with E-state index in [2.05, 4.69) is 28.1 Å². The van der Waals surface area contributed by atoms with Crippen molar-refractivity contribution in [3.05, 3.63) is 41.8 Å². The van der Waals surface area contributed by atoms with Crippen molar-refractivity contribution in [1.82, 2.24) is 5.32 Å². The molecule has 0 aliphatic carbocycles. The Hall–Kier alpha value is -1.65. The zero-order valence-electron chi connectivity index (χ0n) is 11.3. The quantitative estimate of drug-likeness (QED) is 0.906. The minimum absolute atomic E-state index is 0.0554. The third-order valence-corrected chi connectivity index (χ3v) is 4.50. The molecular formula is C16H18N2OS. The third-order valence-electron chi connectivity index (χ3n) is 3.60. The molecule has 1 atom stereocenters. The maximum absolute atomic E-state index is 12.3. The fourth-order valence-electron chi connectivity index (χ4n) is 2.53. The Kier molecular flexibility index (Phi) is 4.14. The van der Waals surface area contributed by atoms with Crippen LogP contribution in [0.2, 0.25) is 0 Å². The van der Waals surface area contributed by atoms with Gasteiger partial charge in [0.2, 0.25) is 5.91 Å². The van der Waals surface area contributed by atoms with Crippen LogP contribution in [-0.4, -0.2) is 18.5 Å². The number of thiophene rings is 1. The molecule has 2 aromatic rings. The molecule has 0 spiro atoms. The Labute approximate surface area is 123 Å². The van der Waals surface area contributed by atoms with Crippen LogP contribution in [0.15, 0.2) is 41.8 Å². The van der Waals surface area contributed by atoms with Crippen LogP contribution in [0.3, 0.4) is 0 Å². The molecule has 1 aliphatic heterocycles. The van der Waals surface area contributed by atoms with E-state index < -0.39 is 0 Å². The number of anilines is 1. The molecule has 2 heterocycles. The summed E-state index contributed by atoms with van der Waals surface area (Å²) in [7, 11) is 0. The highest BCUT2D eigenvalue weighted by molar-refractivity contribution is 7.13. The Morgan fingerprint density at radius 3 is 2.85 bits per heavy atom. The van der Waals surface area contributed by atoms with Gasteiger partial charge in [-0.2, -0.15) is 0 Å². The van der Waals surface area contributed by atoms with E-state index in [0.29, 0.717) is 0 Å². The summed E-state index contributed by atoms with van der Waals surface area (Å²) in [6, 6.07) is 12.0. The number of rotatable bonds is 3. The Morgan fingerprint density at radius 2 is 2.10 bits per heavy atom. The highest BCUT2D eigenvalue weighted by Crippen LogP contribution is 2.31. The summed E-state index contributed by atoms with van der Waals surface area (Å²) in [5.74, 6) is 0.0775. The van der Waals surface area contributed by atoms with Crippen LogP contribution in [0.1, 0.15) is 19.3 Å². The van der Waals surface area contributed by atoms with Crippen molar-refractivity contribution in [3.63, 3.8) is 0 Å². The van der Waals surface area contributed by atoms with Gasteiger partial charge in [0.15, 0.2) is 0 Å². The number of hydrogen-bond donors (Lipinski definition) is 2. The Morgan fingerprint density at radius 1 is 1.20 bits per heavy atom. The summed E-state index contributed by atoms with van der Waals surface area (Å²) in [6.45, 7) is 0.935. The number of nitrogens with one attached hydrogen (secondary N) is 2. The number of hydrogen-bond acceptors (Lipinski definition) is 3. The smallest absolute Gasteiger partial charge is 0.241 e. The molecule has 2 N–H and O–H groups in total. The summed E-state index contributed by atoms with van der Waals surface area (Å²) < 4.78 is 0. The number of para-hydroxylation sites is 1. The summed E-state index contributed by atoms with van der Waals surface area (Å²) in [6.07, 6.45) is 3.21. The van der Waals surface area contributed by atoms with E-state index in [9.17, 15) is 4.79 Å². The van der Waals surface area contributed by atoms with Gasteiger partial charge in [-0.25, -0.2) is 0 Å². The topological polar surface area (TPSA) is 41.1 Å². The molecule has 1 amide bonds. The van der Waals surface area contributed by atoms with Gasteiger partial charge in [0, 0.05) is 16.1 Å². The first-order valence-corrected chi connectivity index (χ1v) is 7.90. The van der Waals surface area contributed by atoms with Gasteiger partial charge in [0.05, 0.1) is 6.04 Å². The molecule has 0 bridgehead atoms. The van der Waals surface area contributed by atoms with Crippen LogP contribution in [-0.2, 0) is 4.79 Å². The van der Waals surface area contributed by atoms with E-state index in [1.807, 2.05) is 24.3 Å². The van der Waals surface area contributed by atoms with Crippen LogP contribution in [0.25, 0.3) is 10.4 Å². The number of benzene rings is 1. The minimum atomic E-state index is -0.0554. The lowest BCUT2D eigenvalue weighted by Gasteiger charge is -2.23. The van der Waals surface area contributed by atoms with Crippen molar-refractivity contribution in [3.8, 4) is 10.4 Å². The average Bonchev–Trinajstić information content (AvgIpc) is 3.03. The Bertz CT molecular complexity index is 574. The highest BCUT2D eigenvalue weighted by Gasteiger charge is 2.21. The maximum Gasteiger partial charge on any atom is 0.241 e. The van der Waals surface area contributed by atoms with Gasteiger partial charge in [-0.05, 0) is 36.9 Å². The van der Waals surface area contributed by atoms with Gasteiger partial charge < -0.3 is 10.6 Å². The van der Waals surface area contributed by atoms with Gasteiger partial charge in [0.25, 0.3) is 0 Å². The molecule has 0 radical (unpaired) electrons. The lowest BCUT2D eigenvalue weighted by molar-refractivity contribution is -0.118. The number of carbonyl (C=O) groups excluding carboxylic acids is 1. The third kappa shape index (κ3) is 2.92. The molecule has 20 heavy (non-hydrogen) atoms. The SMILES string of the molecule is O=C(Nc1ccccc1-c1cccs1)[C@@H]1CCCCN1. The first-order valence-electron chi connectivity index (χ1n) is 7.02. The fraction of sp³-hybridized carbons (Fsp3) is 0.312. The van der Waals surface area contributed by atoms with Gasteiger partial charge in [0.1, 0.15) is 0 Å². The zero-order valence-corrected chi connectivity index (χ0v) is 12.1. The lowest BCUT2D eigenvalue weighted by Crippen LogP contribution is -2.43. The van der Waals surface area contributed by atoms with E-state index in [1.165, 1.54) is 4.88 Å². The van der Waals surface area contributed by atoms with Crippen LogP contribution >= 0.6 is 11.3 Å². The first-order chi connectivity index (χ1) is 9.84. The van der Waals surface area contributed by atoms with E-state index in [-0.39, 0.29) is 11.9 Å². The second-order valence-corrected chi connectivity index (χ2v) is 5.96. The van der Waals surface area contributed by atoms with Gasteiger partial charge >= 0.3 is 0 Å². The summed E-state index contributed by atoms with van der Waals surface area (Å²) in [5.41, 5.74) is 1.99. The second-order valence-electron chi connectivity index (χ2n) is 5.01. The molecule has 1 saturated heterocycles. The van der Waals surface area contributed by atoms with Crippen molar-refractivity contribution < 1.29 is 4.79 Å². The van der Waals surface area contributed by atoms with Crippen molar-refractivity contribution in [2.45, 2.75) is 25.3 Å². The molecule has 3 rings (SSSR count). The molecule has 0 unspecified atom stereocenters. The molecule has 3 nitrogen and oxygen atoms in total. The van der Waals surface area contributed by atoms with Crippen molar-refractivity contribution in [1.29, 1.82) is 0 Å². The summed E-state index contributed by atoms with van der Waals surface area (Å²) in [4.78, 5) is 13.5. The fourth-order valence-corrected chi connectivity index (χ4v) is 3.30. The molecule has 0 saturated carbocycles. The molecule has 4 heteroatoms. The number of carbonyl (C=O) groups is 1. The van der Waals surface area contributed by atoms with Crippen LogP contribution < -0.4 is 10.6 Å². The molecule has 104 valence electrons. The van der Waals surface area contributed by atoms with Crippen LogP contribution in [0.4, 0.5) is 5.69 Å². The van der Waals surface area contributed by atoms with Gasteiger partial charge in [-0.1, -0.05) is 30.7 Å². The van der Waals surface area contributed by atoms with E-state index in [4.69, 9.17) is 0 Å². The average molecular weight is 286 g/mol. The second kappa shape index (κ2) is 6.20. The van der Waals surface area contributed by atoms with Gasteiger partial charge in [-0.15, -0.1) is 11.3 Å². The largest absolute Gasteiger partial charge is 0.324 e. The van der Waals surface area contributed by atoms with E-state index in [0.717, 1.165) is 37.1 Å². The predicted molar refractivity (Wildman–Crippen MR) is 84.0 cm³/mol. The highest BCUT2D eigenvalue weighted by atomic mass is 32.1. The molecule has 1 aromatic heterocycles. The molecular weight excluding hydrogens is 268 g/mol. The summed E-state index contributed by atoms with van der Waals surface area (Å²) in [5, 5.41) is 8.41. The Balaban J connectivity index is 1.79. The monoisotopic (exact) mass is 286 g/mol. The first kappa shape index (κ1) is 13.3. The predicted octanol–water partition coefficient (Wildman–Crippen LogP) is 3.50. The number of amides is 1. The van der Waals surface area contributed by atoms with Crippen molar-refractivity contribution in [2.75, 3.05) is 11.9 Å². The maximum atomic E-state index is 12.3. The zero-order chi connectivity index (χ0) is 13.8. The van der Waals surface area contributed by atoms with E-state index in [1.54, 1.807) is 11.3 Å². The molecule has 1 fully saturated rings.